The van der Waals surface area contributed by atoms with Crippen LogP contribution in [0, 0.1) is 0 Å². The van der Waals surface area contributed by atoms with E-state index in [9.17, 15) is 0 Å². The van der Waals surface area contributed by atoms with E-state index >= 15 is 0 Å². The first-order valence-electron chi connectivity index (χ1n) is 8.07. The molecule has 1 fully saturated rings. The summed E-state index contributed by atoms with van der Waals surface area (Å²) in [5.41, 5.74) is 8.46. The fraction of sp³-hybridized carbons (Fsp3) is 0.368. The number of hydrogen-bond donors (Lipinski definition) is 1. The van der Waals surface area contributed by atoms with E-state index in [2.05, 4.69) is 41.3 Å². The highest BCUT2D eigenvalue weighted by atomic mass is 16.5. The van der Waals surface area contributed by atoms with Crippen molar-refractivity contribution in [3.05, 3.63) is 65.7 Å². The molecule has 1 atom stereocenters. The van der Waals surface area contributed by atoms with E-state index in [0.717, 1.165) is 18.8 Å². The van der Waals surface area contributed by atoms with Crippen LogP contribution in [0.5, 0.6) is 5.75 Å². The van der Waals surface area contributed by atoms with Crippen LogP contribution in [-0.2, 0) is 6.61 Å². The van der Waals surface area contributed by atoms with Crippen molar-refractivity contribution in [2.24, 2.45) is 5.73 Å². The molecule has 1 unspecified atom stereocenters. The maximum absolute atomic E-state index is 5.98. The predicted octanol–water partition coefficient (Wildman–Crippen LogP) is 3.36. The van der Waals surface area contributed by atoms with Crippen LogP contribution in [0.4, 0.5) is 0 Å². The van der Waals surface area contributed by atoms with E-state index in [1.54, 1.807) is 0 Å². The first-order valence-corrected chi connectivity index (χ1v) is 8.07. The van der Waals surface area contributed by atoms with Crippen molar-refractivity contribution < 1.29 is 4.74 Å². The van der Waals surface area contributed by atoms with Gasteiger partial charge in [0.25, 0.3) is 0 Å². The molecule has 3 heteroatoms. The van der Waals surface area contributed by atoms with E-state index in [1.807, 2.05) is 18.2 Å². The first-order chi connectivity index (χ1) is 10.9. The lowest BCUT2D eigenvalue weighted by Crippen LogP contribution is -2.31. The van der Waals surface area contributed by atoms with Gasteiger partial charge >= 0.3 is 0 Å². The Kier molecular flexibility index (Phi) is 5.09. The fourth-order valence-electron chi connectivity index (χ4n) is 3.08. The lowest BCUT2D eigenvalue weighted by atomic mass is 10.1. The standard InChI is InChI=1S/C19H24N2O/c20-14-19(21-12-4-5-13-21)17-8-10-18(11-9-17)22-15-16-6-2-1-3-7-16/h1-3,6-11,19H,4-5,12-15,20H2. The topological polar surface area (TPSA) is 38.5 Å². The van der Waals surface area contributed by atoms with E-state index < -0.39 is 0 Å². The maximum atomic E-state index is 5.98. The van der Waals surface area contributed by atoms with Crippen LogP contribution in [0.2, 0.25) is 0 Å². The maximum Gasteiger partial charge on any atom is 0.119 e. The Balaban J connectivity index is 1.61. The smallest absolute Gasteiger partial charge is 0.119 e. The van der Waals surface area contributed by atoms with Gasteiger partial charge in [-0.05, 0) is 49.2 Å². The van der Waals surface area contributed by atoms with Gasteiger partial charge in [0.05, 0.1) is 0 Å². The SMILES string of the molecule is NCC(c1ccc(OCc2ccccc2)cc1)N1CCCC1. The molecule has 116 valence electrons. The van der Waals surface area contributed by atoms with Crippen LogP contribution >= 0.6 is 0 Å². The van der Waals surface area contributed by atoms with Gasteiger partial charge in [-0.3, -0.25) is 4.90 Å². The molecule has 3 rings (SSSR count). The Hall–Kier alpha value is -1.84. The van der Waals surface area contributed by atoms with Crippen molar-refractivity contribution in [1.29, 1.82) is 0 Å². The second-order valence-corrected chi connectivity index (χ2v) is 5.84. The average molecular weight is 296 g/mol. The Labute approximate surface area is 132 Å². The largest absolute Gasteiger partial charge is 0.489 e. The molecule has 1 saturated heterocycles. The Morgan fingerprint density at radius 1 is 0.955 bits per heavy atom. The van der Waals surface area contributed by atoms with Gasteiger partial charge in [0.2, 0.25) is 0 Å². The minimum Gasteiger partial charge on any atom is -0.489 e. The third-order valence-corrected chi connectivity index (χ3v) is 4.32. The van der Waals surface area contributed by atoms with Crippen molar-refractivity contribution >= 4 is 0 Å². The van der Waals surface area contributed by atoms with Crippen LogP contribution in [0.25, 0.3) is 0 Å². The van der Waals surface area contributed by atoms with Gasteiger partial charge in [0, 0.05) is 12.6 Å². The minimum atomic E-state index is 0.339. The summed E-state index contributed by atoms with van der Waals surface area (Å²) in [5.74, 6) is 0.907. The quantitative estimate of drug-likeness (QED) is 0.888. The number of likely N-dealkylation sites (tertiary alicyclic amines) is 1. The van der Waals surface area contributed by atoms with Gasteiger partial charge in [-0.2, -0.15) is 0 Å². The molecule has 0 spiro atoms. The van der Waals surface area contributed by atoms with Crippen LogP contribution in [0.3, 0.4) is 0 Å². The minimum absolute atomic E-state index is 0.339. The molecule has 1 heterocycles. The lowest BCUT2D eigenvalue weighted by Gasteiger charge is -2.26. The molecular formula is C19H24N2O. The third-order valence-electron chi connectivity index (χ3n) is 4.32. The van der Waals surface area contributed by atoms with Gasteiger partial charge in [0.15, 0.2) is 0 Å². The van der Waals surface area contributed by atoms with Crippen molar-refractivity contribution in [3.63, 3.8) is 0 Å². The number of benzene rings is 2. The number of rotatable bonds is 6. The molecule has 22 heavy (non-hydrogen) atoms. The molecule has 1 aliphatic heterocycles. The van der Waals surface area contributed by atoms with E-state index in [-0.39, 0.29) is 0 Å². The highest BCUT2D eigenvalue weighted by Gasteiger charge is 2.21. The number of nitrogens with two attached hydrogens (primary N) is 1. The molecule has 0 saturated carbocycles. The second kappa shape index (κ2) is 7.43. The van der Waals surface area contributed by atoms with Gasteiger partial charge < -0.3 is 10.5 Å². The summed E-state index contributed by atoms with van der Waals surface area (Å²) < 4.78 is 5.84. The lowest BCUT2D eigenvalue weighted by molar-refractivity contribution is 0.251. The highest BCUT2D eigenvalue weighted by Crippen LogP contribution is 2.26. The Morgan fingerprint density at radius 3 is 2.27 bits per heavy atom. The van der Waals surface area contributed by atoms with Crippen LogP contribution in [0.1, 0.15) is 30.0 Å². The zero-order chi connectivity index (χ0) is 15.2. The van der Waals surface area contributed by atoms with E-state index in [0.29, 0.717) is 19.2 Å². The van der Waals surface area contributed by atoms with E-state index in [4.69, 9.17) is 10.5 Å². The first kappa shape index (κ1) is 15.1. The Bertz CT molecular complexity index is 562. The zero-order valence-electron chi connectivity index (χ0n) is 12.9. The second-order valence-electron chi connectivity index (χ2n) is 5.84. The zero-order valence-corrected chi connectivity index (χ0v) is 12.9. The molecule has 0 bridgehead atoms. The molecule has 2 aromatic carbocycles. The average Bonchev–Trinajstić information content (AvgIpc) is 3.10. The summed E-state index contributed by atoms with van der Waals surface area (Å²) in [5, 5.41) is 0. The molecule has 1 aliphatic rings. The monoisotopic (exact) mass is 296 g/mol. The fourth-order valence-corrected chi connectivity index (χ4v) is 3.08. The summed E-state index contributed by atoms with van der Waals surface area (Å²) >= 11 is 0. The molecule has 2 N–H and O–H groups in total. The van der Waals surface area contributed by atoms with Crippen molar-refractivity contribution in [2.45, 2.75) is 25.5 Å². The number of hydrogen-bond acceptors (Lipinski definition) is 3. The number of ether oxygens (including phenoxy) is 1. The van der Waals surface area contributed by atoms with Gasteiger partial charge in [-0.25, -0.2) is 0 Å². The highest BCUT2D eigenvalue weighted by molar-refractivity contribution is 5.30. The number of nitrogens with zero attached hydrogens (tertiary/aromatic N) is 1. The molecule has 0 aromatic heterocycles. The van der Waals surface area contributed by atoms with Crippen LogP contribution < -0.4 is 10.5 Å². The van der Waals surface area contributed by atoms with E-state index in [1.165, 1.54) is 24.0 Å². The summed E-state index contributed by atoms with van der Waals surface area (Å²) in [6.45, 7) is 3.60. The van der Waals surface area contributed by atoms with Gasteiger partial charge in [-0.1, -0.05) is 42.5 Å². The molecule has 0 radical (unpaired) electrons. The third kappa shape index (κ3) is 3.67. The molecule has 3 nitrogen and oxygen atoms in total. The van der Waals surface area contributed by atoms with Gasteiger partial charge in [-0.15, -0.1) is 0 Å². The molecule has 0 aliphatic carbocycles. The van der Waals surface area contributed by atoms with Gasteiger partial charge in [0.1, 0.15) is 12.4 Å². The summed E-state index contributed by atoms with van der Waals surface area (Å²) in [6, 6.07) is 19.0. The normalized spacial score (nSPS) is 16.6. The summed E-state index contributed by atoms with van der Waals surface area (Å²) in [7, 11) is 0. The van der Waals surface area contributed by atoms with Crippen LogP contribution in [-0.4, -0.2) is 24.5 Å². The molecular weight excluding hydrogens is 272 g/mol. The summed E-state index contributed by atoms with van der Waals surface area (Å²) in [4.78, 5) is 2.49. The molecule has 0 amide bonds. The Morgan fingerprint density at radius 2 is 1.64 bits per heavy atom. The van der Waals surface area contributed by atoms with Crippen molar-refractivity contribution in [1.82, 2.24) is 4.90 Å². The predicted molar refractivity (Wildman–Crippen MR) is 89.8 cm³/mol. The van der Waals surface area contributed by atoms with Crippen molar-refractivity contribution in [3.8, 4) is 5.75 Å². The van der Waals surface area contributed by atoms with Crippen LogP contribution in [0.15, 0.2) is 54.6 Å². The van der Waals surface area contributed by atoms with Crippen molar-refractivity contribution in [2.75, 3.05) is 19.6 Å². The molecule has 2 aromatic rings. The summed E-state index contributed by atoms with van der Waals surface area (Å²) in [6.07, 6.45) is 2.57.